The highest BCUT2D eigenvalue weighted by atomic mass is 19.3. The van der Waals surface area contributed by atoms with E-state index in [0.717, 1.165) is 6.20 Å². The number of aromatic nitrogens is 1. The molecule has 0 amide bonds. The van der Waals surface area contributed by atoms with Gasteiger partial charge in [-0.1, -0.05) is 0 Å². The van der Waals surface area contributed by atoms with E-state index >= 15 is 0 Å². The Hall–Kier alpha value is -1.23. The third kappa shape index (κ3) is 1.75. The summed E-state index contributed by atoms with van der Waals surface area (Å²) in [5.41, 5.74) is 11.6. The molecule has 1 aromatic heterocycles. The first kappa shape index (κ1) is 9.85. The molecule has 1 heterocycles. The fourth-order valence-corrected chi connectivity index (χ4v) is 1.14. The number of nitrogens with zero attached hydrogens (tertiary/aromatic N) is 1. The van der Waals surface area contributed by atoms with E-state index in [2.05, 4.69) is 4.98 Å². The number of rotatable bonds is 2. The summed E-state index contributed by atoms with van der Waals surface area (Å²) in [6.07, 6.45) is -1.47. The van der Waals surface area contributed by atoms with Crippen molar-refractivity contribution in [3.8, 4) is 0 Å². The zero-order valence-corrected chi connectivity index (χ0v) is 7.22. The molecule has 0 saturated heterocycles. The molecule has 0 radical (unpaired) electrons. The van der Waals surface area contributed by atoms with Crippen molar-refractivity contribution in [3.05, 3.63) is 22.9 Å². The summed E-state index contributed by atoms with van der Waals surface area (Å²) in [6, 6.07) is 0. The number of halogens is 2. The second-order valence-corrected chi connectivity index (χ2v) is 2.71. The monoisotopic (exact) mass is 187 g/mol. The average molecular weight is 187 g/mol. The van der Waals surface area contributed by atoms with Gasteiger partial charge in [0.25, 0.3) is 6.43 Å². The summed E-state index contributed by atoms with van der Waals surface area (Å²) in [7, 11) is 0. The largest absolute Gasteiger partial charge is 0.383 e. The van der Waals surface area contributed by atoms with E-state index in [1.54, 1.807) is 6.92 Å². The maximum Gasteiger partial charge on any atom is 0.265 e. The maximum atomic E-state index is 12.4. The van der Waals surface area contributed by atoms with Crippen molar-refractivity contribution >= 4 is 5.82 Å². The Labute approximate surface area is 74.8 Å². The van der Waals surface area contributed by atoms with Gasteiger partial charge >= 0.3 is 0 Å². The first-order valence-corrected chi connectivity index (χ1v) is 3.80. The highest BCUT2D eigenvalue weighted by Crippen LogP contribution is 2.26. The van der Waals surface area contributed by atoms with E-state index < -0.39 is 6.43 Å². The van der Waals surface area contributed by atoms with Gasteiger partial charge in [-0.25, -0.2) is 13.8 Å². The molecule has 3 nitrogen and oxygen atoms in total. The van der Waals surface area contributed by atoms with Gasteiger partial charge in [-0.15, -0.1) is 0 Å². The summed E-state index contributed by atoms with van der Waals surface area (Å²) in [5, 5.41) is 0. The molecule has 0 spiro atoms. The second kappa shape index (κ2) is 3.66. The predicted molar refractivity (Wildman–Crippen MR) is 46.2 cm³/mol. The van der Waals surface area contributed by atoms with Crippen molar-refractivity contribution in [2.45, 2.75) is 19.9 Å². The van der Waals surface area contributed by atoms with Gasteiger partial charge in [-0.2, -0.15) is 0 Å². The van der Waals surface area contributed by atoms with Crippen LogP contribution in [0, 0.1) is 6.92 Å². The van der Waals surface area contributed by atoms with Crippen LogP contribution >= 0.6 is 0 Å². The molecule has 4 N–H and O–H groups in total. The third-order valence-electron chi connectivity index (χ3n) is 1.97. The first-order chi connectivity index (χ1) is 6.07. The van der Waals surface area contributed by atoms with Gasteiger partial charge in [0.1, 0.15) is 5.82 Å². The quantitative estimate of drug-likeness (QED) is 0.734. The molecule has 0 aromatic carbocycles. The van der Waals surface area contributed by atoms with Crippen LogP contribution in [0.3, 0.4) is 0 Å². The molecular weight excluding hydrogens is 176 g/mol. The van der Waals surface area contributed by atoms with E-state index in [9.17, 15) is 8.78 Å². The molecule has 0 aliphatic carbocycles. The van der Waals surface area contributed by atoms with Crippen LogP contribution in [0.1, 0.15) is 23.1 Å². The van der Waals surface area contributed by atoms with E-state index in [1.165, 1.54) is 0 Å². The van der Waals surface area contributed by atoms with Gasteiger partial charge < -0.3 is 11.5 Å². The number of nitrogen functional groups attached to an aromatic ring is 1. The molecule has 0 aliphatic heterocycles. The van der Waals surface area contributed by atoms with Gasteiger partial charge in [0, 0.05) is 18.3 Å². The van der Waals surface area contributed by atoms with Gasteiger partial charge in [0.05, 0.1) is 0 Å². The Kier molecular flexibility index (Phi) is 2.77. The van der Waals surface area contributed by atoms with Crippen molar-refractivity contribution in [2.24, 2.45) is 5.73 Å². The Balaban J connectivity index is 3.30. The number of hydrogen-bond donors (Lipinski definition) is 2. The summed E-state index contributed by atoms with van der Waals surface area (Å²) >= 11 is 0. The number of alkyl halides is 2. The molecule has 0 bridgehead atoms. The molecule has 13 heavy (non-hydrogen) atoms. The standard InChI is InChI=1S/C8H11F2N3/c1-4-5(2-11)6(7(9)10)3-13-8(4)12/h3,7H,2,11H2,1H3,(H2,12,13). The summed E-state index contributed by atoms with van der Waals surface area (Å²) in [4.78, 5) is 3.65. The molecule has 5 heteroatoms. The summed E-state index contributed by atoms with van der Waals surface area (Å²) in [6.45, 7) is 1.69. The average Bonchev–Trinajstić information content (AvgIpc) is 2.09. The lowest BCUT2D eigenvalue weighted by molar-refractivity contribution is 0.149. The topological polar surface area (TPSA) is 64.9 Å². The van der Waals surface area contributed by atoms with Crippen LogP contribution in [0.4, 0.5) is 14.6 Å². The number of pyridine rings is 1. The van der Waals surface area contributed by atoms with Crippen LogP contribution in [0.15, 0.2) is 6.20 Å². The van der Waals surface area contributed by atoms with Crippen LogP contribution in [0.2, 0.25) is 0 Å². The number of anilines is 1. The van der Waals surface area contributed by atoms with Crippen LogP contribution < -0.4 is 11.5 Å². The molecule has 0 aliphatic rings. The van der Waals surface area contributed by atoms with Gasteiger partial charge in [0.2, 0.25) is 0 Å². The van der Waals surface area contributed by atoms with Gasteiger partial charge in [0.15, 0.2) is 0 Å². The Morgan fingerprint density at radius 2 is 2.15 bits per heavy atom. The Morgan fingerprint density at radius 1 is 1.54 bits per heavy atom. The summed E-state index contributed by atoms with van der Waals surface area (Å²) < 4.78 is 24.8. The minimum Gasteiger partial charge on any atom is -0.383 e. The lowest BCUT2D eigenvalue weighted by Crippen LogP contribution is -2.08. The lowest BCUT2D eigenvalue weighted by Gasteiger charge is -2.10. The molecule has 1 rings (SSSR count). The van der Waals surface area contributed by atoms with E-state index in [1.807, 2.05) is 0 Å². The molecule has 72 valence electrons. The SMILES string of the molecule is Cc1c(N)ncc(C(F)F)c1CN. The Bertz CT molecular complexity index is 313. The molecule has 0 saturated carbocycles. The van der Waals surface area contributed by atoms with Crippen molar-refractivity contribution < 1.29 is 8.78 Å². The van der Waals surface area contributed by atoms with Crippen molar-refractivity contribution in [1.29, 1.82) is 0 Å². The molecule has 0 unspecified atom stereocenters. The smallest absolute Gasteiger partial charge is 0.265 e. The fourth-order valence-electron chi connectivity index (χ4n) is 1.14. The number of hydrogen-bond acceptors (Lipinski definition) is 3. The maximum absolute atomic E-state index is 12.4. The highest BCUT2D eigenvalue weighted by Gasteiger charge is 2.15. The second-order valence-electron chi connectivity index (χ2n) is 2.71. The third-order valence-corrected chi connectivity index (χ3v) is 1.97. The van der Waals surface area contributed by atoms with E-state index in [0.29, 0.717) is 11.1 Å². The van der Waals surface area contributed by atoms with Crippen LogP contribution in [0.25, 0.3) is 0 Å². The number of nitrogens with two attached hydrogens (primary N) is 2. The van der Waals surface area contributed by atoms with Crippen LogP contribution in [-0.4, -0.2) is 4.98 Å². The molecule has 0 atom stereocenters. The normalized spacial score (nSPS) is 10.8. The predicted octanol–water partition coefficient (Wildman–Crippen LogP) is 1.37. The van der Waals surface area contributed by atoms with E-state index in [4.69, 9.17) is 11.5 Å². The minimum atomic E-state index is -2.55. The first-order valence-electron chi connectivity index (χ1n) is 3.80. The Morgan fingerprint density at radius 3 is 2.62 bits per heavy atom. The van der Waals surface area contributed by atoms with Crippen molar-refractivity contribution in [3.63, 3.8) is 0 Å². The van der Waals surface area contributed by atoms with Gasteiger partial charge in [-0.3, -0.25) is 0 Å². The minimum absolute atomic E-state index is 0.0538. The highest BCUT2D eigenvalue weighted by molar-refractivity contribution is 5.47. The zero-order valence-electron chi connectivity index (χ0n) is 7.22. The lowest BCUT2D eigenvalue weighted by atomic mass is 10.1. The van der Waals surface area contributed by atoms with Crippen molar-refractivity contribution in [1.82, 2.24) is 4.98 Å². The zero-order chi connectivity index (χ0) is 10.0. The molecular formula is C8H11F2N3. The fraction of sp³-hybridized carbons (Fsp3) is 0.375. The molecule has 0 fully saturated rings. The van der Waals surface area contributed by atoms with Crippen LogP contribution in [0.5, 0.6) is 0 Å². The van der Waals surface area contributed by atoms with Crippen molar-refractivity contribution in [2.75, 3.05) is 5.73 Å². The summed E-state index contributed by atoms with van der Waals surface area (Å²) in [5.74, 6) is 0.254. The van der Waals surface area contributed by atoms with E-state index in [-0.39, 0.29) is 17.9 Å². The van der Waals surface area contributed by atoms with Crippen LogP contribution in [-0.2, 0) is 6.54 Å². The molecule has 1 aromatic rings. The van der Waals surface area contributed by atoms with Gasteiger partial charge in [-0.05, 0) is 18.1 Å².